The number of halogens is 6. The number of imide groups is 1. The molecule has 0 unspecified atom stereocenters. The van der Waals surface area contributed by atoms with Gasteiger partial charge in [0.25, 0.3) is 11.8 Å². The van der Waals surface area contributed by atoms with E-state index >= 15 is 0 Å². The van der Waals surface area contributed by atoms with Crippen molar-refractivity contribution >= 4 is 17.8 Å². The molecule has 2 aromatic carbocycles. The van der Waals surface area contributed by atoms with E-state index in [9.17, 15) is 40.7 Å². The first kappa shape index (κ1) is 25.7. The number of nitrogens with zero attached hydrogens (tertiary/aromatic N) is 2. The SMILES string of the molecule is O=C1NC(=O)[C@@](CNC(=O)c2ccccc2-c2ccc(C(F)(F)F)cc2)(c2cncn2CC(F)(F)F)N1. The largest absolute Gasteiger partial charge is 0.416 e. The molecule has 3 N–H and O–H groups in total. The number of hydrogen-bond acceptors (Lipinski definition) is 4. The molecule has 3 aromatic rings. The van der Waals surface area contributed by atoms with Gasteiger partial charge in [0.1, 0.15) is 6.54 Å². The molecule has 1 atom stereocenters. The van der Waals surface area contributed by atoms with Gasteiger partial charge in [0.2, 0.25) is 0 Å². The molecule has 0 aliphatic carbocycles. The Morgan fingerprint density at radius 2 is 1.68 bits per heavy atom. The number of carbonyl (C=O) groups is 3. The fraction of sp³-hybridized carbons (Fsp3) is 0.217. The molecule has 0 saturated carbocycles. The lowest BCUT2D eigenvalue weighted by Crippen LogP contribution is -2.53. The average molecular weight is 525 g/mol. The van der Waals surface area contributed by atoms with Crippen molar-refractivity contribution in [3.8, 4) is 11.1 Å². The molecule has 37 heavy (non-hydrogen) atoms. The third kappa shape index (κ3) is 5.27. The number of imidazole rings is 1. The van der Waals surface area contributed by atoms with Gasteiger partial charge in [-0.3, -0.25) is 14.9 Å². The Hall–Kier alpha value is -4.36. The first-order chi connectivity index (χ1) is 17.3. The molecule has 1 aliphatic rings. The Bertz CT molecular complexity index is 1350. The zero-order valence-electron chi connectivity index (χ0n) is 18.6. The van der Waals surface area contributed by atoms with Gasteiger partial charge in [-0.25, -0.2) is 9.78 Å². The highest BCUT2D eigenvalue weighted by Gasteiger charge is 2.51. The Labute approximate surface area is 204 Å². The second-order valence-corrected chi connectivity index (χ2v) is 8.14. The third-order valence-corrected chi connectivity index (χ3v) is 5.65. The summed E-state index contributed by atoms with van der Waals surface area (Å²) in [5, 5.41) is 6.66. The van der Waals surface area contributed by atoms with Crippen LogP contribution in [0.25, 0.3) is 11.1 Å². The van der Waals surface area contributed by atoms with Gasteiger partial charge in [-0.05, 0) is 29.3 Å². The van der Waals surface area contributed by atoms with Crippen LogP contribution in [0, 0.1) is 0 Å². The molecular formula is C23H17F6N5O3. The van der Waals surface area contributed by atoms with Crippen molar-refractivity contribution in [2.45, 2.75) is 24.4 Å². The van der Waals surface area contributed by atoms with Crippen LogP contribution in [-0.4, -0.2) is 40.1 Å². The number of rotatable bonds is 6. The van der Waals surface area contributed by atoms with Crippen LogP contribution in [0.1, 0.15) is 21.6 Å². The van der Waals surface area contributed by atoms with E-state index < -0.39 is 54.4 Å². The van der Waals surface area contributed by atoms with Gasteiger partial charge in [0.05, 0.1) is 30.3 Å². The van der Waals surface area contributed by atoms with Crippen LogP contribution in [0.15, 0.2) is 61.1 Å². The highest BCUT2D eigenvalue weighted by Crippen LogP contribution is 2.32. The number of urea groups is 1. The summed E-state index contributed by atoms with van der Waals surface area (Å²) in [5.41, 5.74) is -2.71. The number of alkyl halides is 6. The smallest absolute Gasteiger partial charge is 0.349 e. The fourth-order valence-corrected chi connectivity index (χ4v) is 3.96. The van der Waals surface area contributed by atoms with Crippen molar-refractivity contribution in [1.29, 1.82) is 0 Å². The molecule has 2 heterocycles. The molecule has 1 aliphatic heterocycles. The monoisotopic (exact) mass is 525 g/mol. The second-order valence-electron chi connectivity index (χ2n) is 8.14. The van der Waals surface area contributed by atoms with E-state index in [0.29, 0.717) is 10.1 Å². The van der Waals surface area contributed by atoms with Crippen molar-refractivity contribution in [2.75, 3.05) is 6.54 Å². The topological polar surface area (TPSA) is 105 Å². The highest BCUT2D eigenvalue weighted by atomic mass is 19.4. The maximum Gasteiger partial charge on any atom is 0.416 e. The molecule has 0 radical (unpaired) electrons. The molecule has 4 amide bonds. The van der Waals surface area contributed by atoms with E-state index in [4.69, 9.17) is 0 Å². The lowest BCUT2D eigenvalue weighted by molar-refractivity contribution is -0.142. The van der Waals surface area contributed by atoms with Crippen molar-refractivity contribution in [3.63, 3.8) is 0 Å². The van der Waals surface area contributed by atoms with Crippen LogP contribution >= 0.6 is 0 Å². The number of aromatic nitrogens is 2. The minimum absolute atomic E-state index is 0.0194. The number of benzene rings is 2. The van der Waals surface area contributed by atoms with Crippen molar-refractivity contribution in [3.05, 3.63) is 77.9 Å². The lowest BCUT2D eigenvalue weighted by Gasteiger charge is -2.28. The van der Waals surface area contributed by atoms with E-state index in [-0.39, 0.29) is 16.8 Å². The highest BCUT2D eigenvalue weighted by molar-refractivity contribution is 6.08. The van der Waals surface area contributed by atoms with E-state index in [1.807, 2.05) is 5.32 Å². The minimum atomic E-state index is -4.67. The maximum atomic E-state index is 13.1. The standard InChI is InChI=1S/C23H17F6N5O3/c24-22(25,26)11-34-12-30-9-17(34)21(19(36)32-20(37)33-21)10-31-18(35)16-4-2-1-3-15(16)13-5-7-14(8-6-13)23(27,28)29/h1-9,12H,10-11H2,(H,31,35)(H2,32,33,36,37)/t21-/m1/s1. The Morgan fingerprint density at radius 1 is 1.00 bits per heavy atom. The summed E-state index contributed by atoms with van der Waals surface area (Å²) in [6.45, 7) is -2.15. The Morgan fingerprint density at radius 3 is 2.27 bits per heavy atom. The third-order valence-electron chi connectivity index (χ3n) is 5.65. The maximum absolute atomic E-state index is 13.1. The van der Waals surface area contributed by atoms with Crippen LogP contribution in [0.2, 0.25) is 0 Å². The molecule has 0 bridgehead atoms. The second kappa shape index (κ2) is 9.26. The molecule has 1 saturated heterocycles. The van der Waals surface area contributed by atoms with E-state index in [1.54, 1.807) is 6.07 Å². The fourth-order valence-electron chi connectivity index (χ4n) is 3.96. The van der Waals surface area contributed by atoms with Gasteiger partial charge in [-0.15, -0.1) is 0 Å². The minimum Gasteiger partial charge on any atom is -0.349 e. The summed E-state index contributed by atoms with van der Waals surface area (Å²) in [5.74, 6) is -1.79. The van der Waals surface area contributed by atoms with E-state index in [2.05, 4.69) is 15.6 Å². The van der Waals surface area contributed by atoms with Crippen LogP contribution in [0.5, 0.6) is 0 Å². The van der Waals surface area contributed by atoms with Crippen LogP contribution in [0.3, 0.4) is 0 Å². The van der Waals surface area contributed by atoms with Gasteiger partial charge in [-0.2, -0.15) is 26.3 Å². The number of hydrogen-bond donors (Lipinski definition) is 3. The van der Waals surface area contributed by atoms with Crippen LogP contribution in [0.4, 0.5) is 31.1 Å². The zero-order chi connectivity index (χ0) is 27.0. The van der Waals surface area contributed by atoms with E-state index in [1.165, 1.54) is 30.3 Å². The molecule has 8 nitrogen and oxygen atoms in total. The number of nitrogens with one attached hydrogen (secondary N) is 3. The van der Waals surface area contributed by atoms with Gasteiger partial charge in [-0.1, -0.05) is 30.3 Å². The Balaban J connectivity index is 1.63. The molecule has 1 aromatic heterocycles. The van der Waals surface area contributed by atoms with Crippen LogP contribution < -0.4 is 16.0 Å². The number of amides is 4. The zero-order valence-corrected chi connectivity index (χ0v) is 18.6. The molecule has 14 heteroatoms. The van der Waals surface area contributed by atoms with Gasteiger partial charge in [0, 0.05) is 5.56 Å². The van der Waals surface area contributed by atoms with Gasteiger partial charge < -0.3 is 15.2 Å². The molecule has 194 valence electrons. The summed E-state index contributed by atoms with van der Waals surface area (Å²) in [6, 6.07) is 9.06. The predicted octanol–water partition coefficient (Wildman–Crippen LogP) is 3.60. The van der Waals surface area contributed by atoms with Gasteiger partial charge in [0.15, 0.2) is 5.54 Å². The van der Waals surface area contributed by atoms with E-state index in [0.717, 1.165) is 24.7 Å². The number of carbonyl (C=O) groups excluding carboxylic acids is 3. The van der Waals surface area contributed by atoms with Crippen molar-refractivity contribution < 1.29 is 40.7 Å². The quantitative estimate of drug-likeness (QED) is 0.338. The summed E-state index contributed by atoms with van der Waals surface area (Å²) in [4.78, 5) is 41.4. The van der Waals surface area contributed by atoms with Crippen LogP contribution in [-0.2, 0) is 23.1 Å². The lowest BCUT2D eigenvalue weighted by atomic mass is 9.94. The molecule has 4 rings (SSSR count). The first-order valence-electron chi connectivity index (χ1n) is 10.6. The van der Waals surface area contributed by atoms with Gasteiger partial charge >= 0.3 is 18.4 Å². The summed E-state index contributed by atoms with van der Waals surface area (Å²) in [7, 11) is 0. The molecule has 1 fully saturated rings. The van der Waals surface area contributed by atoms with Crippen molar-refractivity contribution in [1.82, 2.24) is 25.5 Å². The predicted molar refractivity (Wildman–Crippen MR) is 116 cm³/mol. The first-order valence-corrected chi connectivity index (χ1v) is 10.6. The summed E-state index contributed by atoms with van der Waals surface area (Å²) >= 11 is 0. The average Bonchev–Trinajstić information content (AvgIpc) is 3.39. The summed E-state index contributed by atoms with van der Waals surface area (Å²) in [6.07, 6.45) is -7.41. The molecular weight excluding hydrogens is 508 g/mol. The molecule has 0 spiro atoms. The summed E-state index contributed by atoms with van der Waals surface area (Å²) < 4.78 is 78.5. The normalized spacial score (nSPS) is 17.9. The van der Waals surface area contributed by atoms with Crippen molar-refractivity contribution in [2.24, 2.45) is 0 Å². The Kier molecular flexibility index (Phi) is 6.44.